The van der Waals surface area contributed by atoms with Crippen LogP contribution in [0.4, 0.5) is 13.6 Å². The van der Waals surface area contributed by atoms with Crippen molar-refractivity contribution in [2.75, 3.05) is 40.0 Å². The second-order valence-corrected chi connectivity index (χ2v) is 11.8. The van der Waals surface area contributed by atoms with Gasteiger partial charge in [-0.05, 0) is 43.4 Å². The summed E-state index contributed by atoms with van der Waals surface area (Å²) in [6, 6.07) is 12.4. The van der Waals surface area contributed by atoms with Gasteiger partial charge in [0.2, 0.25) is 0 Å². The molecule has 2 aromatic rings. The number of amides is 1. The maximum atomic E-state index is 15.4. The SMILES string of the molecule is C=N/C(=N\OCN1CCC2(CC1)Oc1ccc(-c3ccc(C=O)cc3)cc1CC2(F)F)C(C)C.CN1CCC(OC(N)=O)C1. The van der Waals surface area contributed by atoms with Crippen molar-refractivity contribution < 1.29 is 32.7 Å². The number of primary amides is 1. The van der Waals surface area contributed by atoms with E-state index in [0.29, 0.717) is 35.8 Å². The Morgan fingerprint density at radius 1 is 1.16 bits per heavy atom. The molecule has 10 nitrogen and oxygen atoms in total. The van der Waals surface area contributed by atoms with Crippen LogP contribution in [0.1, 0.15) is 49.0 Å². The fraction of sp³-hybridized carbons (Fsp3) is 0.500. The summed E-state index contributed by atoms with van der Waals surface area (Å²) in [5, 5.41) is 3.99. The normalized spacial score (nSPS) is 21.0. The second-order valence-electron chi connectivity index (χ2n) is 11.8. The number of nitrogens with zero attached hydrogens (tertiary/aromatic N) is 4. The molecule has 2 aromatic carbocycles. The first-order valence-electron chi connectivity index (χ1n) is 14.7. The number of alkyl halides is 2. The van der Waals surface area contributed by atoms with E-state index in [1.165, 1.54) is 0 Å². The zero-order valence-corrected chi connectivity index (χ0v) is 25.5. The second kappa shape index (κ2) is 14.3. The minimum Gasteiger partial charge on any atom is -0.481 e. The van der Waals surface area contributed by atoms with Gasteiger partial charge in [-0.15, -0.1) is 0 Å². The minimum atomic E-state index is -3.00. The number of aldehydes is 1. The molecule has 12 heteroatoms. The summed E-state index contributed by atoms with van der Waals surface area (Å²) < 4.78 is 41.7. The molecule has 2 saturated heterocycles. The van der Waals surface area contributed by atoms with E-state index in [-0.39, 0.29) is 38.0 Å². The number of likely N-dealkylation sites (tertiary alicyclic amines) is 2. The Balaban J connectivity index is 0.000000375. The van der Waals surface area contributed by atoms with Crippen LogP contribution in [0.25, 0.3) is 11.1 Å². The predicted octanol–water partition coefficient (Wildman–Crippen LogP) is 5.00. The van der Waals surface area contributed by atoms with Crippen LogP contribution in [0, 0.1) is 5.92 Å². The van der Waals surface area contributed by atoms with Crippen molar-refractivity contribution in [3.8, 4) is 16.9 Å². The molecule has 0 aromatic heterocycles. The maximum absolute atomic E-state index is 15.4. The number of oxime groups is 1. The van der Waals surface area contributed by atoms with Gasteiger partial charge in [0.15, 0.2) is 18.2 Å². The number of carbonyl (C=O) groups excluding carboxylic acids is 2. The van der Waals surface area contributed by atoms with Crippen molar-refractivity contribution in [1.29, 1.82) is 0 Å². The monoisotopic (exact) mass is 613 g/mol. The molecule has 5 rings (SSSR count). The van der Waals surface area contributed by atoms with Crippen molar-refractivity contribution in [3.63, 3.8) is 0 Å². The van der Waals surface area contributed by atoms with E-state index in [9.17, 15) is 9.59 Å². The molecule has 1 unspecified atom stereocenters. The average molecular weight is 614 g/mol. The zero-order valence-electron chi connectivity index (χ0n) is 25.5. The van der Waals surface area contributed by atoms with E-state index in [4.69, 9.17) is 20.0 Å². The highest BCUT2D eigenvalue weighted by atomic mass is 19.3. The van der Waals surface area contributed by atoms with Crippen LogP contribution < -0.4 is 10.5 Å². The summed E-state index contributed by atoms with van der Waals surface area (Å²) in [6.07, 6.45) is 1.04. The Kier molecular flexibility index (Phi) is 10.7. The highest BCUT2D eigenvalue weighted by Crippen LogP contribution is 2.49. The third kappa shape index (κ3) is 7.97. The lowest BCUT2D eigenvalue weighted by Crippen LogP contribution is -2.61. The Morgan fingerprint density at radius 2 is 1.84 bits per heavy atom. The first kappa shape index (κ1) is 33.0. The molecule has 3 heterocycles. The summed E-state index contributed by atoms with van der Waals surface area (Å²) in [5.74, 6) is -1.89. The maximum Gasteiger partial charge on any atom is 0.404 e. The number of hydrogen-bond acceptors (Lipinski definition) is 8. The fourth-order valence-electron chi connectivity index (χ4n) is 5.60. The fourth-order valence-corrected chi connectivity index (χ4v) is 5.60. The number of amidine groups is 1. The Bertz CT molecular complexity index is 1340. The van der Waals surface area contributed by atoms with E-state index < -0.39 is 17.6 Å². The van der Waals surface area contributed by atoms with Gasteiger partial charge in [0.25, 0.3) is 5.92 Å². The van der Waals surface area contributed by atoms with Gasteiger partial charge in [0.05, 0.1) is 0 Å². The number of aliphatic imine (C=N–C) groups is 1. The number of nitrogens with two attached hydrogens (primary N) is 1. The Morgan fingerprint density at radius 3 is 2.41 bits per heavy atom. The number of carbonyl (C=O) groups is 2. The third-order valence-corrected chi connectivity index (χ3v) is 8.20. The van der Waals surface area contributed by atoms with Gasteiger partial charge < -0.3 is 24.9 Å². The van der Waals surface area contributed by atoms with Gasteiger partial charge in [-0.3, -0.25) is 9.69 Å². The first-order chi connectivity index (χ1) is 20.9. The van der Waals surface area contributed by atoms with E-state index >= 15 is 8.78 Å². The molecule has 1 atom stereocenters. The lowest BCUT2D eigenvalue weighted by Gasteiger charge is -2.48. The predicted molar refractivity (Wildman–Crippen MR) is 164 cm³/mol. The van der Waals surface area contributed by atoms with Crippen molar-refractivity contribution in [3.05, 3.63) is 53.6 Å². The van der Waals surface area contributed by atoms with Crippen LogP contribution >= 0.6 is 0 Å². The van der Waals surface area contributed by atoms with E-state index in [2.05, 4.69) is 21.8 Å². The van der Waals surface area contributed by atoms with Crippen molar-refractivity contribution in [1.82, 2.24) is 9.80 Å². The minimum absolute atomic E-state index is 0.0162. The quantitative estimate of drug-likeness (QED) is 0.202. The largest absolute Gasteiger partial charge is 0.481 e. The van der Waals surface area contributed by atoms with Gasteiger partial charge >= 0.3 is 6.09 Å². The summed E-state index contributed by atoms with van der Waals surface area (Å²) in [5.41, 5.74) is 6.04. The number of halogens is 2. The molecule has 0 radical (unpaired) electrons. The molecular formula is C32H41F2N5O5. The molecule has 0 aliphatic carbocycles. The van der Waals surface area contributed by atoms with Crippen LogP contribution in [0.2, 0.25) is 0 Å². The van der Waals surface area contributed by atoms with Crippen LogP contribution in [0.5, 0.6) is 5.75 Å². The van der Waals surface area contributed by atoms with Crippen LogP contribution in [-0.2, 0) is 16.0 Å². The number of rotatable bonds is 7. The topological polar surface area (TPSA) is 119 Å². The molecule has 0 saturated carbocycles. The molecular weight excluding hydrogens is 572 g/mol. The molecule has 3 aliphatic heterocycles. The van der Waals surface area contributed by atoms with Crippen LogP contribution in [-0.4, -0.2) is 92.3 Å². The van der Waals surface area contributed by atoms with Gasteiger partial charge in [0, 0.05) is 62.5 Å². The van der Waals surface area contributed by atoms with Gasteiger partial charge in [-0.1, -0.05) is 49.3 Å². The molecule has 44 heavy (non-hydrogen) atoms. The summed E-state index contributed by atoms with van der Waals surface area (Å²) >= 11 is 0. The number of ether oxygens (including phenoxy) is 2. The van der Waals surface area contributed by atoms with Crippen LogP contribution in [0.3, 0.4) is 0 Å². The summed E-state index contributed by atoms with van der Waals surface area (Å²) in [7, 11) is 1.99. The highest BCUT2D eigenvalue weighted by Gasteiger charge is 2.59. The van der Waals surface area contributed by atoms with Gasteiger partial charge in [-0.2, -0.15) is 0 Å². The lowest BCUT2D eigenvalue weighted by molar-refractivity contribution is -0.199. The average Bonchev–Trinajstić information content (AvgIpc) is 3.40. The molecule has 1 spiro atoms. The van der Waals surface area contributed by atoms with Crippen molar-refractivity contribution in [2.24, 2.45) is 21.8 Å². The Labute approximate surface area is 256 Å². The summed E-state index contributed by atoms with van der Waals surface area (Å²) in [6.45, 7) is 10.2. The summed E-state index contributed by atoms with van der Waals surface area (Å²) in [4.78, 5) is 34.4. The zero-order chi connectivity index (χ0) is 31.9. The van der Waals surface area contributed by atoms with Gasteiger partial charge in [-0.25, -0.2) is 18.6 Å². The molecule has 238 valence electrons. The third-order valence-electron chi connectivity index (χ3n) is 8.20. The first-order valence-corrected chi connectivity index (χ1v) is 14.7. The van der Waals surface area contributed by atoms with Crippen molar-refractivity contribution >= 4 is 24.9 Å². The van der Waals surface area contributed by atoms with E-state index in [0.717, 1.165) is 36.9 Å². The standard InChI is InChI=1S/C26H29F2N3O3.C6H12N2O2/c1-18(2)24(29-3)30-33-17-31-12-10-25(11-13-31)26(27,28)15-22-14-21(8-9-23(22)34-25)20-6-4-19(16-32)5-7-20;1-8-3-2-5(4-8)10-6(7)9/h4-9,14,16,18H,3,10-13,15,17H2,1-2H3;5H,2-4H2,1H3,(H2,7,9)/b30-24-;. The molecule has 3 aliphatic rings. The number of benzene rings is 2. The van der Waals surface area contributed by atoms with E-state index in [1.807, 2.05) is 44.0 Å². The molecule has 0 bridgehead atoms. The molecule has 1 amide bonds. The van der Waals surface area contributed by atoms with E-state index in [1.54, 1.807) is 24.3 Å². The number of hydrogen-bond donors (Lipinski definition) is 1. The Hall–Kier alpha value is -3.90. The van der Waals surface area contributed by atoms with Gasteiger partial charge in [0.1, 0.15) is 18.1 Å². The molecule has 2 fully saturated rings. The number of likely N-dealkylation sites (N-methyl/N-ethyl adjacent to an activating group) is 1. The highest BCUT2D eigenvalue weighted by molar-refractivity contribution is 5.87. The van der Waals surface area contributed by atoms with Crippen molar-refractivity contribution in [2.45, 2.75) is 57.2 Å². The number of fused-ring (bicyclic) bond motifs is 1. The molecule has 2 N–H and O–H groups in total. The van der Waals surface area contributed by atoms with Crippen LogP contribution in [0.15, 0.2) is 52.6 Å². The smallest absolute Gasteiger partial charge is 0.404 e. The lowest BCUT2D eigenvalue weighted by atomic mass is 9.79. The number of piperidine rings is 1.